The molecule has 4 fully saturated rings. The van der Waals surface area contributed by atoms with Crippen LogP contribution < -0.4 is 0 Å². The lowest BCUT2D eigenvalue weighted by molar-refractivity contribution is -0.239. The summed E-state index contributed by atoms with van der Waals surface area (Å²) in [6.07, 6.45) is 2.83. The molecule has 2 bridgehead atoms. The largest absolute Gasteiger partial charge is 0.463 e. The molecule has 0 amide bonds. The molecule has 0 aromatic heterocycles. The second-order valence-corrected chi connectivity index (χ2v) is 11.0. The van der Waals surface area contributed by atoms with Gasteiger partial charge in [0.15, 0.2) is 24.0 Å². The lowest BCUT2D eigenvalue weighted by Gasteiger charge is -2.35. The fraction of sp³-hybridized carbons (Fsp3) is 0.846. The second kappa shape index (κ2) is 10.9. The van der Waals surface area contributed by atoms with Crippen molar-refractivity contribution in [2.75, 3.05) is 39.6 Å². The maximum Gasteiger partial charge on any atom is 0.338 e. The Balaban J connectivity index is 0.943. The summed E-state index contributed by atoms with van der Waals surface area (Å²) in [5.41, 5.74) is 0. The van der Waals surface area contributed by atoms with Gasteiger partial charge in [-0.05, 0) is 52.4 Å². The van der Waals surface area contributed by atoms with Crippen LogP contribution in [-0.4, -0.2) is 93.9 Å². The van der Waals surface area contributed by atoms with Gasteiger partial charge in [0.2, 0.25) is 0 Å². The number of rotatable bonds is 11. The van der Waals surface area contributed by atoms with E-state index in [1.165, 1.54) is 0 Å². The second-order valence-electron chi connectivity index (χ2n) is 11.0. The van der Waals surface area contributed by atoms with Crippen molar-refractivity contribution in [3.05, 3.63) is 12.2 Å². The van der Waals surface area contributed by atoms with Gasteiger partial charge < -0.3 is 42.6 Å². The predicted molar refractivity (Wildman–Crippen MR) is 125 cm³/mol. The molecule has 5 aliphatic rings. The van der Waals surface area contributed by atoms with E-state index in [1.54, 1.807) is 27.7 Å². The SMILES string of the molecule is CC1(C)O[C@H]2[C@@H](O1)[C@@H](C(=O)OCCOCCOCCOC(=O)C1C[C@H]3C=C[C@@H]1C3)O[C@@H]1OC(C)(C)O[C@@H]12. The highest BCUT2D eigenvalue weighted by molar-refractivity contribution is 5.76. The molecule has 37 heavy (non-hydrogen) atoms. The Bertz CT molecular complexity index is 871. The first-order chi connectivity index (χ1) is 17.6. The van der Waals surface area contributed by atoms with Gasteiger partial charge in [-0.15, -0.1) is 0 Å². The zero-order valence-electron chi connectivity index (χ0n) is 21.9. The lowest BCUT2D eigenvalue weighted by atomic mass is 9.94. The number of carbonyl (C=O) groups is 2. The summed E-state index contributed by atoms with van der Waals surface area (Å²) >= 11 is 0. The van der Waals surface area contributed by atoms with Gasteiger partial charge in [-0.2, -0.15) is 0 Å². The number of fused-ring (bicyclic) bond motifs is 5. The zero-order valence-corrected chi connectivity index (χ0v) is 21.9. The van der Waals surface area contributed by atoms with E-state index in [-0.39, 0.29) is 31.7 Å². The van der Waals surface area contributed by atoms with Gasteiger partial charge in [0.25, 0.3) is 0 Å². The minimum Gasteiger partial charge on any atom is -0.463 e. The molecule has 0 spiro atoms. The van der Waals surface area contributed by atoms with Gasteiger partial charge in [0, 0.05) is 0 Å². The molecule has 1 saturated carbocycles. The Kier molecular flexibility index (Phi) is 7.93. The van der Waals surface area contributed by atoms with E-state index >= 15 is 0 Å². The average molecular weight is 527 g/mol. The minimum absolute atomic E-state index is 0.00233. The number of carbonyl (C=O) groups excluding carboxylic acids is 2. The topological polar surface area (TPSA) is 117 Å². The van der Waals surface area contributed by atoms with Crippen LogP contribution in [0.5, 0.6) is 0 Å². The molecule has 5 rings (SSSR count). The minimum atomic E-state index is -1.01. The number of allylic oxidation sites excluding steroid dienone is 2. The van der Waals surface area contributed by atoms with Crippen LogP contribution in [0.4, 0.5) is 0 Å². The van der Waals surface area contributed by atoms with Crippen molar-refractivity contribution in [1.29, 1.82) is 0 Å². The fourth-order valence-electron chi connectivity index (χ4n) is 5.77. The Morgan fingerprint density at radius 3 is 1.97 bits per heavy atom. The maximum atomic E-state index is 12.8. The third-order valence-electron chi connectivity index (χ3n) is 7.28. The Morgan fingerprint density at radius 1 is 0.730 bits per heavy atom. The van der Waals surface area contributed by atoms with E-state index in [0.29, 0.717) is 31.7 Å². The zero-order chi connectivity index (χ0) is 26.2. The van der Waals surface area contributed by atoms with E-state index in [9.17, 15) is 9.59 Å². The van der Waals surface area contributed by atoms with Gasteiger partial charge in [-0.1, -0.05) is 12.2 Å². The molecule has 2 aliphatic carbocycles. The van der Waals surface area contributed by atoms with E-state index in [1.807, 2.05) is 0 Å². The van der Waals surface area contributed by atoms with Gasteiger partial charge in [0.1, 0.15) is 31.5 Å². The van der Waals surface area contributed by atoms with Gasteiger partial charge in [-0.3, -0.25) is 4.79 Å². The highest BCUT2D eigenvalue weighted by Crippen LogP contribution is 2.45. The summed E-state index contributed by atoms with van der Waals surface area (Å²) in [4.78, 5) is 25.0. The molecule has 0 aromatic carbocycles. The molecule has 3 heterocycles. The lowest BCUT2D eigenvalue weighted by Crippen LogP contribution is -2.57. The quantitative estimate of drug-likeness (QED) is 0.222. The Hall–Kier alpha value is -1.60. The van der Waals surface area contributed by atoms with E-state index < -0.39 is 48.2 Å². The van der Waals surface area contributed by atoms with Crippen LogP contribution in [0.2, 0.25) is 0 Å². The number of hydrogen-bond acceptors (Lipinski definition) is 11. The molecular formula is C26H38O11. The van der Waals surface area contributed by atoms with Gasteiger partial charge in [0.05, 0.1) is 32.3 Å². The molecule has 3 saturated heterocycles. The molecule has 8 atom stereocenters. The predicted octanol–water partition coefficient (Wildman–Crippen LogP) is 1.71. The third-order valence-corrected chi connectivity index (χ3v) is 7.28. The first kappa shape index (κ1) is 27.0. The van der Waals surface area contributed by atoms with Crippen LogP contribution in [0.25, 0.3) is 0 Å². The first-order valence-corrected chi connectivity index (χ1v) is 13.2. The molecule has 0 N–H and O–H groups in total. The summed E-state index contributed by atoms with van der Waals surface area (Å²) in [6.45, 7) is 8.57. The molecule has 1 unspecified atom stereocenters. The Morgan fingerprint density at radius 2 is 1.32 bits per heavy atom. The first-order valence-electron chi connectivity index (χ1n) is 13.2. The Labute approximate surface area is 216 Å². The van der Waals surface area contributed by atoms with E-state index in [2.05, 4.69) is 12.2 Å². The number of esters is 2. The van der Waals surface area contributed by atoms with Crippen LogP contribution in [-0.2, 0) is 52.2 Å². The van der Waals surface area contributed by atoms with E-state index in [4.69, 9.17) is 42.6 Å². The third kappa shape index (κ3) is 6.19. The molecule has 0 radical (unpaired) electrons. The molecular weight excluding hydrogens is 488 g/mol. The summed E-state index contributed by atoms with van der Waals surface area (Å²) in [5, 5.41) is 0. The number of hydrogen-bond donors (Lipinski definition) is 0. The van der Waals surface area contributed by atoms with Crippen molar-refractivity contribution < 1.29 is 52.2 Å². The van der Waals surface area contributed by atoms with Gasteiger partial charge in [-0.25, -0.2) is 4.79 Å². The van der Waals surface area contributed by atoms with Crippen molar-refractivity contribution in [2.24, 2.45) is 17.8 Å². The van der Waals surface area contributed by atoms with Gasteiger partial charge >= 0.3 is 11.9 Å². The highest BCUT2D eigenvalue weighted by atomic mass is 16.9. The van der Waals surface area contributed by atoms with Crippen LogP contribution in [0.15, 0.2) is 12.2 Å². The van der Waals surface area contributed by atoms with Crippen molar-refractivity contribution in [1.82, 2.24) is 0 Å². The summed E-state index contributed by atoms with van der Waals surface area (Å²) in [5.74, 6) is -1.58. The molecule has 11 heteroatoms. The molecule has 3 aliphatic heterocycles. The van der Waals surface area contributed by atoms with E-state index in [0.717, 1.165) is 12.8 Å². The van der Waals surface area contributed by atoms with Crippen LogP contribution in [0.3, 0.4) is 0 Å². The smallest absolute Gasteiger partial charge is 0.338 e. The summed E-state index contributed by atoms with van der Waals surface area (Å²) in [6, 6.07) is 0. The number of ether oxygens (including phenoxy) is 9. The van der Waals surface area contributed by atoms with Crippen molar-refractivity contribution >= 4 is 11.9 Å². The van der Waals surface area contributed by atoms with Crippen molar-refractivity contribution in [3.8, 4) is 0 Å². The summed E-state index contributed by atoms with van der Waals surface area (Å²) < 4.78 is 51.2. The van der Waals surface area contributed by atoms with Crippen molar-refractivity contribution in [2.45, 2.75) is 82.8 Å². The molecule has 11 nitrogen and oxygen atoms in total. The van der Waals surface area contributed by atoms with Crippen molar-refractivity contribution in [3.63, 3.8) is 0 Å². The van der Waals surface area contributed by atoms with Crippen LogP contribution >= 0.6 is 0 Å². The van der Waals surface area contributed by atoms with Crippen LogP contribution in [0.1, 0.15) is 40.5 Å². The van der Waals surface area contributed by atoms with Crippen LogP contribution in [0, 0.1) is 17.8 Å². The highest BCUT2D eigenvalue weighted by Gasteiger charge is 2.62. The molecule has 208 valence electrons. The fourth-order valence-corrected chi connectivity index (χ4v) is 5.77. The monoisotopic (exact) mass is 526 g/mol. The standard InChI is InChI=1S/C26H38O11/c1-25(2)34-18-19(35-25)21-24(37-26(3,4)36-21)33-20(18)23(28)32-12-10-30-8-7-29-9-11-31-22(27)17-14-15-5-6-16(17)13-15/h5-6,15-21,24H,7-14H2,1-4H3/t15-,16+,17?,18+,19-,20-,21+,24+/m0/s1. The summed E-state index contributed by atoms with van der Waals surface area (Å²) in [7, 11) is 0. The normalized spacial score (nSPS) is 38.4. The average Bonchev–Trinajstić information content (AvgIpc) is 3.60. The molecule has 0 aromatic rings. The maximum absolute atomic E-state index is 12.8.